The molecule has 0 saturated heterocycles. The van der Waals surface area contributed by atoms with E-state index >= 15 is 0 Å². The first-order valence-electron chi connectivity index (χ1n) is 6.74. The molecule has 0 radical (unpaired) electrons. The van der Waals surface area contributed by atoms with Crippen molar-refractivity contribution in [2.24, 2.45) is 0 Å². The average Bonchev–Trinajstić information content (AvgIpc) is 2.41. The van der Waals surface area contributed by atoms with E-state index in [9.17, 15) is 0 Å². The van der Waals surface area contributed by atoms with Gasteiger partial charge in [0.05, 0.1) is 0 Å². The SMILES string of the molecule is Cc1cc(OCc2ccc(N)cc2)c(C(C)C)cc1Br. The largest absolute Gasteiger partial charge is 0.489 e. The summed E-state index contributed by atoms with van der Waals surface area (Å²) in [4.78, 5) is 0. The van der Waals surface area contributed by atoms with Crippen LogP contribution in [0.4, 0.5) is 5.69 Å². The number of hydrogen-bond acceptors (Lipinski definition) is 2. The first kappa shape index (κ1) is 14.9. The Kier molecular flexibility index (Phi) is 4.71. The molecule has 0 bridgehead atoms. The lowest BCUT2D eigenvalue weighted by Crippen LogP contribution is -2.01. The highest BCUT2D eigenvalue weighted by atomic mass is 79.9. The molecule has 0 amide bonds. The van der Waals surface area contributed by atoms with Gasteiger partial charge in [-0.15, -0.1) is 0 Å². The van der Waals surface area contributed by atoms with Gasteiger partial charge >= 0.3 is 0 Å². The van der Waals surface area contributed by atoms with Crippen LogP contribution in [0.5, 0.6) is 5.75 Å². The predicted octanol–water partition coefficient (Wildman–Crippen LogP) is 5.04. The number of hydrogen-bond donors (Lipinski definition) is 1. The molecule has 20 heavy (non-hydrogen) atoms. The minimum absolute atomic E-state index is 0.424. The van der Waals surface area contributed by atoms with Crippen LogP contribution in [0.2, 0.25) is 0 Å². The topological polar surface area (TPSA) is 35.2 Å². The van der Waals surface area contributed by atoms with Gasteiger partial charge in [-0.05, 0) is 53.8 Å². The molecule has 0 spiro atoms. The van der Waals surface area contributed by atoms with Gasteiger partial charge in [0, 0.05) is 10.2 Å². The molecule has 2 aromatic carbocycles. The van der Waals surface area contributed by atoms with Crippen molar-refractivity contribution in [3.63, 3.8) is 0 Å². The molecule has 0 fully saturated rings. The van der Waals surface area contributed by atoms with Gasteiger partial charge in [0.2, 0.25) is 0 Å². The second-order valence-electron chi connectivity index (χ2n) is 5.32. The van der Waals surface area contributed by atoms with Crippen LogP contribution in [0.15, 0.2) is 40.9 Å². The fourth-order valence-electron chi connectivity index (χ4n) is 2.02. The van der Waals surface area contributed by atoms with E-state index in [2.05, 4.69) is 48.8 Å². The molecule has 0 saturated carbocycles. The minimum Gasteiger partial charge on any atom is -0.489 e. The fourth-order valence-corrected chi connectivity index (χ4v) is 2.38. The molecular weight excluding hydrogens is 314 g/mol. The van der Waals surface area contributed by atoms with Crippen LogP contribution in [-0.2, 0) is 6.61 Å². The molecule has 2 aromatic rings. The zero-order valence-electron chi connectivity index (χ0n) is 12.1. The van der Waals surface area contributed by atoms with Gasteiger partial charge in [0.1, 0.15) is 12.4 Å². The van der Waals surface area contributed by atoms with E-state index in [1.165, 1.54) is 11.1 Å². The Bertz CT molecular complexity index is 591. The Morgan fingerprint density at radius 1 is 1.15 bits per heavy atom. The molecule has 3 heteroatoms. The lowest BCUT2D eigenvalue weighted by molar-refractivity contribution is 0.301. The summed E-state index contributed by atoms with van der Waals surface area (Å²) < 4.78 is 7.12. The van der Waals surface area contributed by atoms with Crippen LogP contribution in [0.25, 0.3) is 0 Å². The lowest BCUT2D eigenvalue weighted by atomic mass is 10.0. The fraction of sp³-hybridized carbons (Fsp3) is 0.294. The quantitative estimate of drug-likeness (QED) is 0.795. The van der Waals surface area contributed by atoms with Crippen molar-refractivity contribution in [2.45, 2.75) is 33.3 Å². The number of aryl methyl sites for hydroxylation is 1. The van der Waals surface area contributed by atoms with E-state index in [1.807, 2.05) is 24.3 Å². The first-order valence-corrected chi connectivity index (χ1v) is 7.54. The highest BCUT2D eigenvalue weighted by Crippen LogP contribution is 2.32. The molecule has 2 N–H and O–H groups in total. The molecule has 0 aliphatic heterocycles. The summed E-state index contributed by atoms with van der Waals surface area (Å²) in [5, 5.41) is 0. The van der Waals surface area contributed by atoms with Crippen molar-refractivity contribution in [3.8, 4) is 5.75 Å². The van der Waals surface area contributed by atoms with Gasteiger partial charge in [-0.25, -0.2) is 0 Å². The van der Waals surface area contributed by atoms with Gasteiger partial charge in [-0.1, -0.05) is 41.9 Å². The van der Waals surface area contributed by atoms with E-state index in [1.54, 1.807) is 0 Å². The van der Waals surface area contributed by atoms with Crippen molar-refractivity contribution in [3.05, 3.63) is 57.6 Å². The smallest absolute Gasteiger partial charge is 0.123 e. The van der Waals surface area contributed by atoms with Gasteiger partial charge in [-0.3, -0.25) is 0 Å². The van der Waals surface area contributed by atoms with Crippen LogP contribution >= 0.6 is 15.9 Å². The molecule has 0 aromatic heterocycles. The Morgan fingerprint density at radius 2 is 1.80 bits per heavy atom. The van der Waals surface area contributed by atoms with Crippen molar-refractivity contribution in [1.29, 1.82) is 0 Å². The highest BCUT2D eigenvalue weighted by molar-refractivity contribution is 9.10. The van der Waals surface area contributed by atoms with Gasteiger partial charge in [-0.2, -0.15) is 0 Å². The van der Waals surface area contributed by atoms with Crippen LogP contribution < -0.4 is 10.5 Å². The summed E-state index contributed by atoms with van der Waals surface area (Å²) in [5.41, 5.74) is 9.98. The molecule has 0 atom stereocenters. The highest BCUT2D eigenvalue weighted by Gasteiger charge is 2.11. The van der Waals surface area contributed by atoms with Gasteiger partial charge < -0.3 is 10.5 Å². The molecule has 0 aliphatic carbocycles. The minimum atomic E-state index is 0.424. The third-order valence-corrected chi connectivity index (χ3v) is 4.14. The van der Waals surface area contributed by atoms with Crippen LogP contribution in [0, 0.1) is 6.92 Å². The zero-order valence-corrected chi connectivity index (χ0v) is 13.7. The Balaban J connectivity index is 2.20. The maximum atomic E-state index is 6.00. The first-order chi connectivity index (χ1) is 9.47. The van der Waals surface area contributed by atoms with Crippen molar-refractivity contribution in [1.82, 2.24) is 0 Å². The van der Waals surface area contributed by atoms with E-state index in [0.717, 1.165) is 21.5 Å². The Labute approximate surface area is 129 Å². The number of halogens is 1. The maximum absolute atomic E-state index is 6.00. The standard InChI is InChI=1S/C17H20BrNO/c1-11(2)15-9-16(18)12(3)8-17(15)20-10-13-4-6-14(19)7-5-13/h4-9,11H,10,19H2,1-3H3. The summed E-state index contributed by atoms with van der Waals surface area (Å²) in [6.07, 6.45) is 0. The van der Waals surface area contributed by atoms with Crippen molar-refractivity contribution >= 4 is 21.6 Å². The summed E-state index contributed by atoms with van der Waals surface area (Å²) in [7, 11) is 0. The van der Waals surface area contributed by atoms with Crippen LogP contribution in [-0.4, -0.2) is 0 Å². The molecule has 0 aliphatic rings. The summed E-state index contributed by atoms with van der Waals surface area (Å²) in [5.74, 6) is 1.38. The number of nitrogen functional groups attached to an aromatic ring is 1. The maximum Gasteiger partial charge on any atom is 0.123 e. The zero-order chi connectivity index (χ0) is 14.7. The third-order valence-electron chi connectivity index (χ3n) is 3.29. The Hall–Kier alpha value is -1.48. The van der Waals surface area contributed by atoms with Crippen LogP contribution in [0.3, 0.4) is 0 Å². The summed E-state index contributed by atoms with van der Waals surface area (Å²) in [6.45, 7) is 6.98. The summed E-state index contributed by atoms with van der Waals surface area (Å²) in [6, 6.07) is 12.0. The molecular formula is C17H20BrNO. The number of anilines is 1. The third kappa shape index (κ3) is 3.54. The Morgan fingerprint density at radius 3 is 2.40 bits per heavy atom. The molecule has 2 nitrogen and oxygen atoms in total. The van der Waals surface area contributed by atoms with Gasteiger partial charge in [0.15, 0.2) is 0 Å². The number of benzene rings is 2. The van der Waals surface area contributed by atoms with E-state index < -0.39 is 0 Å². The number of nitrogens with two attached hydrogens (primary N) is 1. The van der Waals surface area contributed by atoms with Gasteiger partial charge in [0.25, 0.3) is 0 Å². The molecule has 2 rings (SSSR count). The molecule has 106 valence electrons. The molecule has 0 unspecified atom stereocenters. The van der Waals surface area contributed by atoms with E-state index in [-0.39, 0.29) is 0 Å². The van der Waals surface area contributed by atoms with Crippen LogP contribution in [0.1, 0.15) is 36.5 Å². The molecule has 0 heterocycles. The lowest BCUT2D eigenvalue weighted by Gasteiger charge is -2.16. The van der Waals surface area contributed by atoms with E-state index in [4.69, 9.17) is 10.5 Å². The second kappa shape index (κ2) is 6.31. The monoisotopic (exact) mass is 333 g/mol. The summed E-state index contributed by atoms with van der Waals surface area (Å²) >= 11 is 3.58. The van der Waals surface area contributed by atoms with Crippen molar-refractivity contribution in [2.75, 3.05) is 5.73 Å². The predicted molar refractivity (Wildman–Crippen MR) is 88.2 cm³/mol. The second-order valence-corrected chi connectivity index (χ2v) is 6.18. The van der Waals surface area contributed by atoms with Crippen molar-refractivity contribution < 1.29 is 4.74 Å². The normalized spacial score (nSPS) is 10.8. The number of rotatable bonds is 4. The van der Waals surface area contributed by atoms with E-state index in [0.29, 0.717) is 12.5 Å². The average molecular weight is 334 g/mol. The number of ether oxygens (including phenoxy) is 1.